The van der Waals surface area contributed by atoms with E-state index in [0.29, 0.717) is 25.9 Å². The van der Waals surface area contributed by atoms with E-state index in [1.54, 1.807) is 12.5 Å². The molecule has 0 saturated carbocycles. The third-order valence-electron chi connectivity index (χ3n) is 7.04. The molecule has 3 aromatic rings. The Morgan fingerprint density at radius 2 is 1.90 bits per heavy atom. The molecule has 3 heterocycles. The number of nitrogens with zero attached hydrogens (tertiary/aromatic N) is 3. The summed E-state index contributed by atoms with van der Waals surface area (Å²) in [5, 5.41) is 50.2. The Bertz CT molecular complexity index is 1200. The van der Waals surface area contributed by atoms with Crippen molar-refractivity contribution in [2.75, 3.05) is 13.2 Å². The van der Waals surface area contributed by atoms with Gasteiger partial charge in [0.2, 0.25) is 18.1 Å². The van der Waals surface area contributed by atoms with E-state index in [2.05, 4.69) is 20.5 Å². The second-order valence-corrected chi connectivity index (χ2v) is 10.4. The first-order chi connectivity index (χ1) is 19.3. The summed E-state index contributed by atoms with van der Waals surface area (Å²) in [6.45, 7) is 4.76. The highest BCUT2D eigenvalue weighted by atomic mass is 16.7. The van der Waals surface area contributed by atoms with Crippen molar-refractivity contribution < 1.29 is 34.7 Å². The monoisotopic (exact) mass is 557 g/mol. The number of aliphatic hydroxyl groups excluding tert-OH is 4. The average molecular weight is 558 g/mol. The van der Waals surface area contributed by atoms with Crippen molar-refractivity contribution in [3.8, 4) is 5.88 Å². The zero-order valence-corrected chi connectivity index (χ0v) is 22.8. The molecule has 12 nitrogen and oxygen atoms in total. The zero-order valence-electron chi connectivity index (χ0n) is 22.8. The number of hydrogen-bond acceptors (Lipinski definition) is 9. The highest BCUT2D eigenvalue weighted by Gasteiger charge is 2.45. The normalized spacial score (nSPS) is 22.9. The summed E-state index contributed by atoms with van der Waals surface area (Å²) in [6.07, 6.45) is 0.850. The molecular formula is C28H39N5O7. The number of benzene rings is 1. The number of aryl methyl sites for hydroxylation is 1. The lowest BCUT2D eigenvalue weighted by atomic mass is 9.97. The van der Waals surface area contributed by atoms with Gasteiger partial charge in [0.15, 0.2) is 0 Å². The predicted octanol–water partition coefficient (Wildman–Crippen LogP) is 0.638. The zero-order chi connectivity index (χ0) is 28.6. The van der Waals surface area contributed by atoms with Crippen LogP contribution in [0.3, 0.4) is 0 Å². The Labute approximate surface area is 233 Å². The van der Waals surface area contributed by atoms with Crippen LogP contribution in [0.2, 0.25) is 0 Å². The van der Waals surface area contributed by atoms with Crippen LogP contribution in [0.25, 0.3) is 0 Å². The van der Waals surface area contributed by atoms with Gasteiger partial charge in [-0.25, -0.2) is 4.98 Å². The number of amides is 1. The minimum atomic E-state index is -1.54. The van der Waals surface area contributed by atoms with Crippen molar-refractivity contribution >= 4 is 5.91 Å². The van der Waals surface area contributed by atoms with E-state index in [1.165, 1.54) is 0 Å². The van der Waals surface area contributed by atoms with E-state index in [9.17, 15) is 25.2 Å². The molecule has 1 saturated heterocycles. The van der Waals surface area contributed by atoms with Gasteiger partial charge < -0.3 is 39.8 Å². The molecule has 40 heavy (non-hydrogen) atoms. The molecule has 1 amide bonds. The van der Waals surface area contributed by atoms with Gasteiger partial charge in [-0.15, -0.1) is 5.10 Å². The lowest BCUT2D eigenvalue weighted by Crippen LogP contribution is -2.60. The molecule has 6 N–H and O–H groups in total. The summed E-state index contributed by atoms with van der Waals surface area (Å²) in [4.78, 5) is 16.1. The Kier molecular flexibility index (Phi) is 10.3. The van der Waals surface area contributed by atoms with E-state index in [1.807, 2.05) is 48.9 Å². The topological polar surface area (TPSA) is 175 Å². The maximum Gasteiger partial charge on any atom is 0.238 e. The fraction of sp³-hybridized carbons (Fsp3) is 0.536. The molecule has 2 aromatic heterocycles. The van der Waals surface area contributed by atoms with Crippen LogP contribution >= 0.6 is 0 Å². The van der Waals surface area contributed by atoms with Crippen LogP contribution in [0, 0.1) is 0 Å². The molecule has 0 aliphatic carbocycles. The van der Waals surface area contributed by atoms with Crippen molar-refractivity contribution in [2.24, 2.45) is 0 Å². The van der Waals surface area contributed by atoms with E-state index in [4.69, 9.17) is 9.47 Å². The largest absolute Gasteiger partial charge is 0.443 e. The molecule has 1 unspecified atom stereocenters. The molecule has 1 aromatic carbocycles. The maximum atomic E-state index is 12.1. The fourth-order valence-corrected chi connectivity index (χ4v) is 4.69. The number of carbonyl (C=O) groups excluding carboxylic acids is 1. The fourth-order valence-electron chi connectivity index (χ4n) is 4.69. The molecule has 1 aliphatic rings. The first-order valence-electron chi connectivity index (χ1n) is 13.6. The van der Waals surface area contributed by atoms with Gasteiger partial charge >= 0.3 is 0 Å². The molecule has 4 rings (SSSR count). The summed E-state index contributed by atoms with van der Waals surface area (Å²) in [5.41, 5.74) is 3.79. The van der Waals surface area contributed by atoms with Gasteiger partial charge in [0.1, 0.15) is 24.4 Å². The Morgan fingerprint density at radius 3 is 2.58 bits per heavy atom. The molecule has 12 heteroatoms. The van der Waals surface area contributed by atoms with Crippen LogP contribution < -0.4 is 10.1 Å². The molecule has 218 valence electrons. The number of aromatic amines is 1. The number of carbonyl (C=O) groups is 1. The maximum absolute atomic E-state index is 12.1. The quantitative estimate of drug-likeness (QED) is 0.176. The molecule has 0 radical (unpaired) electrons. The number of aromatic nitrogens is 4. The second-order valence-electron chi connectivity index (χ2n) is 10.4. The van der Waals surface area contributed by atoms with Crippen LogP contribution in [-0.2, 0) is 28.9 Å². The Balaban J connectivity index is 1.32. The third kappa shape index (κ3) is 7.46. The van der Waals surface area contributed by atoms with Gasteiger partial charge in [-0.1, -0.05) is 38.1 Å². The van der Waals surface area contributed by atoms with Gasteiger partial charge in [0.05, 0.1) is 12.9 Å². The van der Waals surface area contributed by atoms with E-state index in [-0.39, 0.29) is 17.7 Å². The van der Waals surface area contributed by atoms with Gasteiger partial charge in [-0.05, 0) is 29.9 Å². The van der Waals surface area contributed by atoms with Crippen LogP contribution in [0.1, 0.15) is 55.0 Å². The third-order valence-corrected chi connectivity index (χ3v) is 7.04. The lowest BCUT2D eigenvalue weighted by molar-refractivity contribution is -0.278. The van der Waals surface area contributed by atoms with Gasteiger partial charge in [-0.3, -0.25) is 9.89 Å². The van der Waals surface area contributed by atoms with Crippen LogP contribution in [-0.4, -0.2) is 89.9 Å². The van der Waals surface area contributed by atoms with Crippen LogP contribution in [0.4, 0.5) is 0 Å². The number of ether oxygens (including phenoxy) is 2. The van der Waals surface area contributed by atoms with Crippen LogP contribution in [0.15, 0.2) is 43.0 Å². The Morgan fingerprint density at radius 1 is 1.15 bits per heavy atom. The molecule has 1 fully saturated rings. The first kappa shape index (κ1) is 29.7. The summed E-state index contributed by atoms with van der Waals surface area (Å²) < 4.78 is 13.3. The molecule has 0 spiro atoms. The van der Waals surface area contributed by atoms with Crippen molar-refractivity contribution in [1.29, 1.82) is 0 Å². The minimum absolute atomic E-state index is 0.0323. The van der Waals surface area contributed by atoms with Crippen LogP contribution in [0.5, 0.6) is 5.88 Å². The number of imidazole rings is 1. The number of nitrogens with one attached hydrogen (secondary N) is 2. The highest BCUT2D eigenvalue weighted by molar-refractivity contribution is 5.75. The van der Waals surface area contributed by atoms with E-state index in [0.717, 1.165) is 35.2 Å². The van der Waals surface area contributed by atoms with Gasteiger partial charge in [0, 0.05) is 49.6 Å². The van der Waals surface area contributed by atoms with Crippen molar-refractivity contribution in [2.45, 2.75) is 82.7 Å². The predicted molar refractivity (Wildman–Crippen MR) is 144 cm³/mol. The van der Waals surface area contributed by atoms with Crippen molar-refractivity contribution in [3.05, 3.63) is 65.4 Å². The minimum Gasteiger partial charge on any atom is -0.443 e. The van der Waals surface area contributed by atoms with E-state index >= 15 is 0 Å². The first-order valence-corrected chi connectivity index (χ1v) is 13.6. The SMILES string of the molecule is CC(C)c1[nH]nc(OC2O[C@H](CO)[C@@H](O)[C@H](O)[C@H]2O)c1Cc1ccc(CCCC(=O)NCCn2ccnc2)cc1. The number of rotatable bonds is 13. The molecular weight excluding hydrogens is 518 g/mol. The molecule has 1 aliphatic heterocycles. The van der Waals surface area contributed by atoms with E-state index < -0.39 is 37.3 Å². The van der Waals surface area contributed by atoms with Crippen molar-refractivity contribution in [3.63, 3.8) is 0 Å². The average Bonchev–Trinajstić information content (AvgIpc) is 3.60. The summed E-state index contributed by atoms with van der Waals surface area (Å²) in [7, 11) is 0. The highest BCUT2D eigenvalue weighted by Crippen LogP contribution is 2.31. The summed E-state index contributed by atoms with van der Waals surface area (Å²) in [5.74, 6) is 0.362. The number of H-pyrrole nitrogens is 1. The summed E-state index contributed by atoms with van der Waals surface area (Å²) >= 11 is 0. The molecule has 0 bridgehead atoms. The van der Waals surface area contributed by atoms with Gasteiger partial charge in [-0.2, -0.15) is 0 Å². The smallest absolute Gasteiger partial charge is 0.238 e. The lowest BCUT2D eigenvalue weighted by Gasteiger charge is -2.39. The van der Waals surface area contributed by atoms with Crippen molar-refractivity contribution in [1.82, 2.24) is 25.1 Å². The number of hydrogen-bond donors (Lipinski definition) is 6. The second kappa shape index (κ2) is 13.9. The summed E-state index contributed by atoms with van der Waals surface area (Å²) in [6, 6.07) is 8.13. The number of aliphatic hydroxyl groups is 4. The van der Waals surface area contributed by atoms with Gasteiger partial charge in [0.25, 0.3) is 0 Å². The Hall–Kier alpha value is -3.29. The molecule has 5 atom stereocenters. The standard InChI is InChI=1S/C28H39N5O7/c1-17(2)23-20(27(32-31-23)40-28-26(38)25(37)24(36)21(15-34)39-28)14-19-8-6-18(7-9-19)4-3-5-22(35)30-11-13-33-12-10-29-16-33/h6-10,12,16-17,21,24-26,28,34,36-38H,3-5,11,13-15H2,1-2H3,(H,30,35)(H,31,32)/t21-,24-,25+,26-,28?/m1/s1.